The van der Waals surface area contributed by atoms with E-state index in [2.05, 4.69) is 16.4 Å². The van der Waals surface area contributed by atoms with E-state index in [0.29, 0.717) is 6.54 Å². The van der Waals surface area contributed by atoms with E-state index in [1.54, 1.807) is 23.9 Å². The van der Waals surface area contributed by atoms with E-state index in [4.69, 9.17) is 0 Å². The summed E-state index contributed by atoms with van der Waals surface area (Å²) in [7, 11) is 0. The number of hydrogen-bond acceptors (Lipinski definition) is 3. The molecule has 4 nitrogen and oxygen atoms in total. The average molecular weight is 275 g/mol. The zero-order valence-corrected chi connectivity index (χ0v) is 11.6. The van der Waals surface area contributed by atoms with Gasteiger partial charge in [-0.2, -0.15) is 0 Å². The lowest BCUT2D eigenvalue weighted by Crippen LogP contribution is -2.24. The number of imidazole rings is 1. The third-order valence-corrected chi connectivity index (χ3v) is 4.64. The van der Waals surface area contributed by atoms with E-state index in [9.17, 15) is 4.79 Å². The number of hydrogen-bond donors (Lipinski definition) is 1. The minimum Gasteiger partial charge on any atom is -0.351 e. The fourth-order valence-corrected chi connectivity index (χ4v) is 3.58. The van der Waals surface area contributed by atoms with Crippen molar-refractivity contribution in [1.29, 1.82) is 0 Å². The summed E-state index contributed by atoms with van der Waals surface area (Å²) in [4.78, 5) is 18.3. The van der Waals surface area contributed by atoms with E-state index >= 15 is 0 Å². The number of aromatic nitrogens is 2. The molecule has 0 atom stereocenters. The van der Waals surface area contributed by atoms with Gasteiger partial charge in [0, 0.05) is 30.4 Å². The van der Waals surface area contributed by atoms with Crippen LogP contribution in [0.25, 0.3) is 0 Å². The van der Waals surface area contributed by atoms with Gasteiger partial charge in [0.25, 0.3) is 5.91 Å². The first-order chi connectivity index (χ1) is 9.33. The number of carbonyl (C=O) groups is 1. The maximum absolute atomic E-state index is 12.0. The maximum atomic E-state index is 12.0. The lowest BCUT2D eigenvalue weighted by molar-refractivity contribution is 0.0956. The molecule has 1 N–H and O–H groups in total. The van der Waals surface area contributed by atoms with Crippen LogP contribution in [0, 0.1) is 0 Å². The minimum absolute atomic E-state index is 0.0741. The van der Waals surface area contributed by atoms with Crippen molar-refractivity contribution in [3.05, 3.63) is 40.1 Å². The molecule has 0 bridgehead atoms. The van der Waals surface area contributed by atoms with Gasteiger partial charge in [0.15, 0.2) is 0 Å². The molecule has 1 aliphatic carbocycles. The van der Waals surface area contributed by atoms with Gasteiger partial charge in [-0.05, 0) is 37.3 Å². The van der Waals surface area contributed by atoms with Crippen LogP contribution in [-0.2, 0) is 19.4 Å². The van der Waals surface area contributed by atoms with Gasteiger partial charge in [0.2, 0.25) is 0 Å². The van der Waals surface area contributed by atoms with Crippen molar-refractivity contribution < 1.29 is 4.79 Å². The average Bonchev–Trinajstić information content (AvgIpc) is 3.09. The van der Waals surface area contributed by atoms with Crippen molar-refractivity contribution in [2.45, 2.75) is 32.2 Å². The van der Waals surface area contributed by atoms with Crippen LogP contribution in [0.15, 0.2) is 24.8 Å². The number of aryl methyl sites for hydroxylation is 3. The number of fused-ring (bicyclic) bond motifs is 1. The Morgan fingerprint density at radius 1 is 1.47 bits per heavy atom. The zero-order valence-electron chi connectivity index (χ0n) is 10.8. The molecular formula is C14H17N3OS. The normalized spacial score (nSPS) is 13.5. The van der Waals surface area contributed by atoms with Crippen LogP contribution in [0.3, 0.4) is 0 Å². The second-order valence-electron chi connectivity index (χ2n) is 4.82. The van der Waals surface area contributed by atoms with Crippen molar-refractivity contribution >= 4 is 17.2 Å². The van der Waals surface area contributed by atoms with Gasteiger partial charge in [-0.25, -0.2) is 4.98 Å². The number of thiophene rings is 1. The first kappa shape index (κ1) is 12.4. The Labute approximate surface area is 116 Å². The third-order valence-electron chi connectivity index (χ3n) is 3.41. The maximum Gasteiger partial charge on any atom is 0.261 e. The molecule has 19 heavy (non-hydrogen) atoms. The van der Waals surface area contributed by atoms with Crippen LogP contribution >= 0.6 is 11.3 Å². The largest absolute Gasteiger partial charge is 0.351 e. The van der Waals surface area contributed by atoms with E-state index in [1.165, 1.54) is 16.9 Å². The molecule has 1 aliphatic rings. The van der Waals surface area contributed by atoms with Crippen molar-refractivity contribution in [3.63, 3.8) is 0 Å². The molecule has 100 valence electrons. The molecule has 0 aromatic carbocycles. The van der Waals surface area contributed by atoms with Crippen molar-refractivity contribution in [2.24, 2.45) is 0 Å². The van der Waals surface area contributed by atoms with Gasteiger partial charge in [-0.3, -0.25) is 4.79 Å². The standard InChI is InChI=1S/C14H17N3OS/c18-14(13-9-11-3-1-4-12(11)19-13)16-5-2-7-17-8-6-15-10-17/h6,8-10H,1-5,7H2,(H,16,18). The Kier molecular flexibility index (Phi) is 3.64. The van der Waals surface area contributed by atoms with Gasteiger partial charge in [0.1, 0.15) is 0 Å². The molecular weight excluding hydrogens is 258 g/mol. The fourth-order valence-electron chi connectivity index (χ4n) is 2.41. The smallest absolute Gasteiger partial charge is 0.261 e. The predicted molar refractivity (Wildman–Crippen MR) is 75.5 cm³/mol. The number of amides is 1. The van der Waals surface area contributed by atoms with Crippen LogP contribution in [0.5, 0.6) is 0 Å². The zero-order chi connectivity index (χ0) is 13.1. The molecule has 5 heteroatoms. The molecule has 0 radical (unpaired) electrons. The molecule has 0 saturated heterocycles. The van der Waals surface area contributed by atoms with Crippen LogP contribution in [-0.4, -0.2) is 22.0 Å². The summed E-state index contributed by atoms with van der Waals surface area (Å²) in [5.74, 6) is 0.0741. The molecule has 0 spiro atoms. The monoisotopic (exact) mass is 275 g/mol. The first-order valence-corrected chi connectivity index (χ1v) is 7.50. The lowest BCUT2D eigenvalue weighted by Gasteiger charge is -2.04. The van der Waals surface area contributed by atoms with Gasteiger partial charge in [-0.15, -0.1) is 11.3 Å². The van der Waals surface area contributed by atoms with E-state index in [0.717, 1.165) is 30.7 Å². The Hall–Kier alpha value is -1.62. The molecule has 2 aromatic rings. The summed E-state index contributed by atoms with van der Waals surface area (Å²) >= 11 is 1.66. The molecule has 2 aromatic heterocycles. The Morgan fingerprint density at radius 2 is 2.42 bits per heavy atom. The fraction of sp³-hybridized carbons (Fsp3) is 0.429. The lowest BCUT2D eigenvalue weighted by atomic mass is 10.2. The highest BCUT2D eigenvalue weighted by Crippen LogP contribution is 2.30. The first-order valence-electron chi connectivity index (χ1n) is 6.68. The van der Waals surface area contributed by atoms with E-state index in [1.807, 2.05) is 10.8 Å². The van der Waals surface area contributed by atoms with Gasteiger partial charge in [-0.1, -0.05) is 0 Å². The van der Waals surface area contributed by atoms with E-state index < -0.39 is 0 Å². The predicted octanol–water partition coefficient (Wildman–Crippen LogP) is 2.25. The van der Waals surface area contributed by atoms with Crippen molar-refractivity contribution in [2.75, 3.05) is 6.54 Å². The summed E-state index contributed by atoms with van der Waals surface area (Å²) in [6.07, 6.45) is 9.96. The Bertz CT molecular complexity index is 538. The molecule has 1 amide bonds. The number of carbonyl (C=O) groups excluding carboxylic acids is 1. The summed E-state index contributed by atoms with van der Waals surface area (Å²) in [5.41, 5.74) is 1.38. The van der Waals surface area contributed by atoms with Gasteiger partial charge in [0.05, 0.1) is 11.2 Å². The molecule has 0 unspecified atom stereocenters. The van der Waals surface area contributed by atoms with Gasteiger partial charge >= 0.3 is 0 Å². The van der Waals surface area contributed by atoms with Crippen molar-refractivity contribution in [3.8, 4) is 0 Å². The van der Waals surface area contributed by atoms with Crippen LogP contribution in [0.1, 0.15) is 33.0 Å². The van der Waals surface area contributed by atoms with E-state index in [-0.39, 0.29) is 5.91 Å². The van der Waals surface area contributed by atoms with Crippen LogP contribution in [0.4, 0.5) is 0 Å². The summed E-state index contributed by atoms with van der Waals surface area (Å²) in [6, 6.07) is 2.07. The minimum atomic E-state index is 0.0741. The Balaban J connectivity index is 1.45. The number of nitrogens with zero attached hydrogens (tertiary/aromatic N) is 2. The molecule has 2 heterocycles. The van der Waals surface area contributed by atoms with Crippen LogP contribution < -0.4 is 5.32 Å². The highest BCUT2D eigenvalue weighted by atomic mass is 32.1. The van der Waals surface area contributed by atoms with Crippen LogP contribution in [0.2, 0.25) is 0 Å². The second-order valence-corrected chi connectivity index (χ2v) is 5.96. The molecule has 0 saturated carbocycles. The summed E-state index contributed by atoms with van der Waals surface area (Å²) < 4.78 is 2.02. The SMILES string of the molecule is O=C(NCCCn1ccnc1)c1cc2c(s1)CCC2. The topological polar surface area (TPSA) is 46.9 Å². The number of rotatable bonds is 5. The highest BCUT2D eigenvalue weighted by molar-refractivity contribution is 7.14. The summed E-state index contributed by atoms with van der Waals surface area (Å²) in [5, 5.41) is 2.99. The molecule has 0 aliphatic heterocycles. The van der Waals surface area contributed by atoms with Crippen molar-refractivity contribution in [1.82, 2.24) is 14.9 Å². The molecule has 0 fully saturated rings. The summed E-state index contributed by atoms with van der Waals surface area (Å²) in [6.45, 7) is 1.60. The third kappa shape index (κ3) is 2.87. The second kappa shape index (κ2) is 5.57. The highest BCUT2D eigenvalue weighted by Gasteiger charge is 2.17. The number of nitrogens with one attached hydrogen (secondary N) is 1. The Morgan fingerprint density at radius 3 is 3.21 bits per heavy atom. The van der Waals surface area contributed by atoms with Gasteiger partial charge < -0.3 is 9.88 Å². The quantitative estimate of drug-likeness (QED) is 0.851. The molecule has 3 rings (SSSR count).